The third kappa shape index (κ3) is 7.24. The second-order valence-electron chi connectivity index (χ2n) is 4.98. The summed E-state index contributed by atoms with van der Waals surface area (Å²) in [7, 11) is -3.19. The van der Waals surface area contributed by atoms with Gasteiger partial charge >= 0.3 is 13.6 Å². The van der Waals surface area contributed by atoms with Gasteiger partial charge in [-0.3, -0.25) is 14.1 Å². The van der Waals surface area contributed by atoms with E-state index in [-0.39, 0.29) is 24.9 Å². The van der Waals surface area contributed by atoms with Crippen molar-refractivity contribution in [3.63, 3.8) is 0 Å². The van der Waals surface area contributed by atoms with E-state index >= 15 is 0 Å². The molecular formula is C14H20NO6P. The predicted molar refractivity (Wildman–Crippen MR) is 82.3 cm³/mol. The van der Waals surface area contributed by atoms with E-state index in [1.165, 1.54) is 6.66 Å². The number of anilines is 1. The fraction of sp³-hybridized carbons (Fsp3) is 0.429. The first kappa shape index (κ1) is 18.2. The molecule has 0 spiro atoms. The SMILES string of the molecule is CC(C)O[P@](C)(=O)Oc1ccc(NC(=O)CCC(=O)O)cc1. The Morgan fingerprint density at radius 2 is 1.82 bits per heavy atom. The third-order valence-corrected chi connectivity index (χ3v) is 3.72. The van der Waals surface area contributed by atoms with E-state index in [2.05, 4.69) is 5.32 Å². The zero-order chi connectivity index (χ0) is 16.8. The maximum absolute atomic E-state index is 12.0. The predicted octanol–water partition coefficient (Wildman–Crippen LogP) is 3.12. The Balaban J connectivity index is 2.58. The zero-order valence-electron chi connectivity index (χ0n) is 12.7. The summed E-state index contributed by atoms with van der Waals surface area (Å²) in [5, 5.41) is 11.1. The summed E-state index contributed by atoms with van der Waals surface area (Å²) in [5.74, 6) is -1.06. The fourth-order valence-electron chi connectivity index (χ4n) is 1.64. The van der Waals surface area contributed by atoms with Crippen LogP contribution in [0.2, 0.25) is 0 Å². The van der Waals surface area contributed by atoms with E-state index in [0.29, 0.717) is 11.4 Å². The van der Waals surface area contributed by atoms with E-state index in [0.717, 1.165) is 0 Å². The standard InChI is InChI=1S/C14H20NO6P/c1-10(2)20-22(3,19)21-12-6-4-11(5-7-12)15-13(16)8-9-14(17)18/h4-7,10H,8-9H2,1-3H3,(H,15,16)(H,17,18)/t22-/m0/s1. The van der Waals surface area contributed by atoms with Crippen LogP contribution in [0.1, 0.15) is 26.7 Å². The van der Waals surface area contributed by atoms with Gasteiger partial charge in [-0.2, -0.15) is 0 Å². The summed E-state index contributed by atoms with van der Waals surface area (Å²) >= 11 is 0. The van der Waals surface area contributed by atoms with Crippen LogP contribution >= 0.6 is 7.60 Å². The van der Waals surface area contributed by atoms with E-state index in [1.807, 2.05) is 0 Å². The van der Waals surface area contributed by atoms with Crippen molar-refractivity contribution in [3.8, 4) is 5.75 Å². The number of nitrogens with one attached hydrogen (secondary N) is 1. The van der Waals surface area contributed by atoms with E-state index in [9.17, 15) is 14.2 Å². The van der Waals surface area contributed by atoms with Crippen LogP contribution in [0.4, 0.5) is 5.69 Å². The molecule has 0 aromatic heterocycles. The highest BCUT2D eigenvalue weighted by Crippen LogP contribution is 2.45. The lowest BCUT2D eigenvalue weighted by Gasteiger charge is -2.17. The molecule has 1 atom stereocenters. The van der Waals surface area contributed by atoms with Gasteiger partial charge in [0, 0.05) is 18.8 Å². The van der Waals surface area contributed by atoms with Crippen molar-refractivity contribution in [2.75, 3.05) is 12.0 Å². The molecule has 0 fully saturated rings. The van der Waals surface area contributed by atoms with Gasteiger partial charge in [0.1, 0.15) is 5.75 Å². The van der Waals surface area contributed by atoms with Crippen molar-refractivity contribution in [1.29, 1.82) is 0 Å². The molecule has 1 rings (SSSR count). The second kappa shape index (κ2) is 7.96. The summed E-state index contributed by atoms with van der Waals surface area (Å²) in [4.78, 5) is 21.9. The molecule has 0 aliphatic carbocycles. The van der Waals surface area contributed by atoms with Gasteiger partial charge in [-0.1, -0.05) is 0 Å². The van der Waals surface area contributed by atoms with Crippen LogP contribution < -0.4 is 9.84 Å². The molecule has 0 saturated carbocycles. The fourth-order valence-corrected chi connectivity index (χ4v) is 2.95. The summed E-state index contributed by atoms with van der Waals surface area (Å²) in [6.45, 7) is 4.90. The number of carboxylic acids is 1. The number of carbonyl (C=O) groups is 2. The van der Waals surface area contributed by atoms with Crippen LogP contribution in [0, 0.1) is 0 Å². The average Bonchev–Trinajstić information content (AvgIpc) is 2.36. The van der Waals surface area contributed by atoms with Gasteiger partial charge in [0.15, 0.2) is 0 Å². The molecule has 22 heavy (non-hydrogen) atoms. The molecule has 1 aromatic carbocycles. The quantitative estimate of drug-likeness (QED) is 0.711. The van der Waals surface area contributed by atoms with E-state index in [1.54, 1.807) is 38.1 Å². The molecule has 1 aromatic rings. The molecular weight excluding hydrogens is 309 g/mol. The zero-order valence-corrected chi connectivity index (χ0v) is 13.6. The van der Waals surface area contributed by atoms with Gasteiger partial charge < -0.3 is 14.9 Å². The van der Waals surface area contributed by atoms with Crippen molar-refractivity contribution < 1.29 is 28.3 Å². The average molecular weight is 329 g/mol. The highest BCUT2D eigenvalue weighted by molar-refractivity contribution is 7.53. The molecule has 7 nitrogen and oxygen atoms in total. The molecule has 122 valence electrons. The van der Waals surface area contributed by atoms with E-state index < -0.39 is 13.6 Å². The van der Waals surface area contributed by atoms with Crippen molar-refractivity contribution in [3.05, 3.63) is 24.3 Å². The molecule has 0 heterocycles. The Hall–Kier alpha value is -1.85. The molecule has 8 heteroatoms. The Kier molecular flexibility index (Phi) is 6.59. The van der Waals surface area contributed by atoms with Crippen LogP contribution in [-0.4, -0.2) is 29.8 Å². The molecule has 0 aliphatic heterocycles. The minimum absolute atomic E-state index is 0.0972. The summed E-state index contributed by atoms with van der Waals surface area (Å²) in [6, 6.07) is 6.24. The smallest absolute Gasteiger partial charge is 0.376 e. The minimum atomic E-state index is -3.19. The molecule has 0 saturated heterocycles. The molecule has 1 amide bonds. The van der Waals surface area contributed by atoms with Crippen LogP contribution in [0.25, 0.3) is 0 Å². The molecule has 0 unspecified atom stereocenters. The van der Waals surface area contributed by atoms with Crippen LogP contribution in [0.15, 0.2) is 24.3 Å². The minimum Gasteiger partial charge on any atom is -0.481 e. The van der Waals surface area contributed by atoms with Crippen LogP contribution in [0.3, 0.4) is 0 Å². The van der Waals surface area contributed by atoms with Gasteiger partial charge in [0.2, 0.25) is 5.91 Å². The summed E-state index contributed by atoms with van der Waals surface area (Å²) in [5.41, 5.74) is 0.499. The normalized spacial score (nSPS) is 13.5. The molecule has 0 radical (unpaired) electrons. The lowest BCUT2D eigenvalue weighted by Crippen LogP contribution is -2.13. The maximum Gasteiger partial charge on any atom is 0.376 e. The van der Waals surface area contributed by atoms with Gasteiger partial charge in [-0.15, -0.1) is 0 Å². The van der Waals surface area contributed by atoms with Crippen molar-refractivity contribution in [2.45, 2.75) is 32.8 Å². The number of benzene rings is 1. The van der Waals surface area contributed by atoms with Crippen LogP contribution in [0.5, 0.6) is 5.75 Å². The van der Waals surface area contributed by atoms with Crippen molar-refractivity contribution >= 4 is 25.2 Å². The Morgan fingerprint density at radius 1 is 1.23 bits per heavy atom. The Labute approximate surface area is 129 Å². The van der Waals surface area contributed by atoms with Crippen molar-refractivity contribution in [1.82, 2.24) is 0 Å². The number of amides is 1. The van der Waals surface area contributed by atoms with E-state index in [4.69, 9.17) is 14.2 Å². The van der Waals surface area contributed by atoms with Crippen LogP contribution in [-0.2, 0) is 18.7 Å². The summed E-state index contributed by atoms with van der Waals surface area (Å²) in [6.07, 6.45) is -0.540. The first-order valence-electron chi connectivity index (χ1n) is 6.75. The lowest BCUT2D eigenvalue weighted by atomic mass is 10.2. The first-order valence-corrected chi connectivity index (χ1v) is 8.74. The summed E-state index contributed by atoms with van der Waals surface area (Å²) < 4.78 is 22.5. The van der Waals surface area contributed by atoms with Gasteiger partial charge in [0.25, 0.3) is 0 Å². The maximum atomic E-state index is 12.0. The molecule has 0 aliphatic rings. The van der Waals surface area contributed by atoms with Gasteiger partial charge in [0.05, 0.1) is 12.5 Å². The van der Waals surface area contributed by atoms with Crippen molar-refractivity contribution in [2.24, 2.45) is 0 Å². The number of carboxylic acid groups (broad SMARTS) is 1. The highest BCUT2D eigenvalue weighted by Gasteiger charge is 2.20. The third-order valence-electron chi connectivity index (χ3n) is 2.38. The number of rotatable bonds is 8. The lowest BCUT2D eigenvalue weighted by molar-refractivity contribution is -0.138. The Morgan fingerprint density at radius 3 is 2.32 bits per heavy atom. The highest BCUT2D eigenvalue weighted by atomic mass is 31.2. The second-order valence-corrected chi connectivity index (χ2v) is 6.92. The van der Waals surface area contributed by atoms with Gasteiger partial charge in [-0.25, -0.2) is 4.57 Å². The first-order chi connectivity index (χ1) is 10.2. The number of aliphatic carboxylic acids is 1. The largest absolute Gasteiger partial charge is 0.481 e. The number of carbonyl (C=O) groups excluding carboxylic acids is 1. The number of hydrogen-bond donors (Lipinski definition) is 2. The Bertz CT molecular complexity index is 569. The topological polar surface area (TPSA) is 102 Å². The van der Waals surface area contributed by atoms with Gasteiger partial charge in [-0.05, 0) is 38.1 Å². The molecule has 0 bridgehead atoms. The molecule has 2 N–H and O–H groups in total. The number of hydrogen-bond acceptors (Lipinski definition) is 5. The monoisotopic (exact) mass is 329 g/mol.